The molecule has 1 saturated heterocycles. The van der Waals surface area contributed by atoms with E-state index in [1.54, 1.807) is 26.5 Å². The molecule has 6 nitrogen and oxygen atoms in total. The summed E-state index contributed by atoms with van der Waals surface area (Å²) in [6.07, 6.45) is 2.21. The summed E-state index contributed by atoms with van der Waals surface area (Å²) >= 11 is 3.48. The quantitative estimate of drug-likeness (QED) is 0.741. The number of methoxy groups -OCH3 is 2. The van der Waals surface area contributed by atoms with Crippen molar-refractivity contribution in [2.75, 3.05) is 19.5 Å². The molecule has 2 atom stereocenters. The predicted octanol–water partition coefficient (Wildman–Crippen LogP) is 3.81. The van der Waals surface area contributed by atoms with Crippen LogP contribution in [0.2, 0.25) is 0 Å². The number of nitrogens with zero attached hydrogens (tertiary/aromatic N) is 1. The molecule has 0 spiro atoms. The number of pyridine rings is 1. The average Bonchev–Trinajstić information content (AvgIpc) is 2.91. The fourth-order valence-electron chi connectivity index (χ4n) is 3.01. The van der Waals surface area contributed by atoms with Crippen molar-refractivity contribution in [3.05, 3.63) is 46.1 Å². The van der Waals surface area contributed by atoms with E-state index in [0.29, 0.717) is 23.7 Å². The van der Waals surface area contributed by atoms with Crippen LogP contribution in [0.25, 0.3) is 0 Å². The molecular weight excluding hydrogens is 400 g/mol. The molecular formula is C19H21BrN2O4. The second kappa shape index (κ2) is 7.15. The molecule has 1 aliphatic heterocycles. The van der Waals surface area contributed by atoms with E-state index in [1.165, 1.54) is 0 Å². The van der Waals surface area contributed by atoms with Crippen molar-refractivity contribution in [1.29, 1.82) is 0 Å². The van der Waals surface area contributed by atoms with Crippen molar-refractivity contribution in [2.45, 2.75) is 31.9 Å². The van der Waals surface area contributed by atoms with E-state index in [-0.39, 0.29) is 5.97 Å². The van der Waals surface area contributed by atoms with E-state index in [4.69, 9.17) is 14.2 Å². The van der Waals surface area contributed by atoms with Crippen LogP contribution in [0.15, 0.2) is 34.9 Å². The largest absolute Gasteiger partial charge is 0.497 e. The molecule has 1 aromatic carbocycles. The molecule has 7 heteroatoms. The number of aryl methyl sites for hydroxylation is 1. The van der Waals surface area contributed by atoms with Gasteiger partial charge in [0.15, 0.2) is 0 Å². The molecule has 0 aliphatic carbocycles. The summed E-state index contributed by atoms with van der Waals surface area (Å²) in [5.41, 5.74) is 1.07. The minimum absolute atomic E-state index is 0.316. The van der Waals surface area contributed by atoms with Crippen molar-refractivity contribution in [3.8, 4) is 11.5 Å². The van der Waals surface area contributed by atoms with Crippen LogP contribution in [0.5, 0.6) is 11.5 Å². The van der Waals surface area contributed by atoms with Crippen LogP contribution in [0, 0.1) is 6.92 Å². The normalized spacial score (nSPS) is 22.0. The first-order valence-electron chi connectivity index (χ1n) is 8.20. The molecule has 0 amide bonds. The fraction of sp³-hybridized carbons (Fsp3) is 0.368. The number of benzene rings is 1. The third kappa shape index (κ3) is 3.62. The molecule has 0 saturated carbocycles. The fourth-order valence-corrected chi connectivity index (χ4v) is 3.59. The number of halogens is 1. The Morgan fingerprint density at radius 2 is 1.88 bits per heavy atom. The lowest BCUT2D eigenvalue weighted by atomic mass is 9.91. The summed E-state index contributed by atoms with van der Waals surface area (Å²) in [6.45, 7) is 3.84. The van der Waals surface area contributed by atoms with Gasteiger partial charge in [0.05, 0.1) is 18.7 Å². The summed E-state index contributed by atoms with van der Waals surface area (Å²) < 4.78 is 17.2. The number of aromatic nitrogens is 1. The summed E-state index contributed by atoms with van der Waals surface area (Å²) in [7, 11) is 3.18. The number of esters is 1. The molecule has 3 rings (SSSR count). The molecule has 2 heterocycles. The van der Waals surface area contributed by atoms with E-state index in [9.17, 15) is 4.79 Å². The lowest BCUT2D eigenvalue weighted by Gasteiger charge is -2.24. The number of hydrogen-bond donors (Lipinski definition) is 1. The van der Waals surface area contributed by atoms with Gasteiger partial charge in [-0.05, 0) is 53.5 Å². The Morgan fingerprint density at radius 1 is 1.23 bits per heavy atom. The zero-order valence-corrected chi connectivity index (χ0v) is 16.7. The SMILES string of the molecule is COc1cc(OC)cc(C2(C)CC(Nc3ncc(C)cc3Br)C(=O)O2)c1. The lowest BCUT2D eigenvalue weighted by molar-refractivity contribution is -0.148. The highest BCUT2D eigenvalue weighted by Gasteiger charge is 2.45. The van der Waals surface area contributed by atoms with Crippen LogP contribution in [0.1, 0.15) is 24.5 Å². The van der Waals surface area contributed by atoms with Crippen molar-refractivity contribution in [3.63, 3.8) is 0 Å². The van der Waals surface area contributed by atoms with Gasteiger partial charge in [-0.25, -0.2) is 9.78 Å². The zero-order chi connectivity index (χ0) is 18.9. The monoisotopic (exact) mass is 420 g/mol. The van der Waals surface area contributed by atoms with E-state index >= 15 is 0 Å². The molecule has 0 radical (unpaired) electrons. The van der Waals surface area contributed by atoms with Gasteiger partial charge in [0.25, 0.3) is 0 Å². The number of anilines is 1. The van der Waals surface area contributed by atoms with Gasteiger partial charge in [-0.15, -0.1) is 0 Å². The number of carbonyl (C=O) groups excluding carboxylic acids is 1. The van der Waals surface area contributed by atoms with Gasteiger partial charge >= 0.3 is 5.97 Å². The first kappa shape index (κ1) is 18.5. The summed E-state index contributed by atoms with van der Waals surface area (Å²) in [5.74, 6) is 1.60. The predicted molar refractivity (Wildman–Crippen MR) is 102 cm³/mol. The Bertz CT molecular complexity index is 820. The third-order valence-electron chi connectivity index (χ3n) is 4.45. The van der Waals surface area contributed by atoms with Gasteiger partial charge in [0.1, 0.15) is 29.0 Å². The summed E-state index contributed by atoms with van der Waals surface area (Å²) in [4.78, 5) is 16.8. The molecule has 1 aliphatic rings. The van der Waals surface area contributed by atoms with Crippen LogP contribution in [-0.4, -0.2) is 31.2 Å². The Kier molecular flexibility index (Phi) is 5.09. The van der Waals surface area contributed by atoms with Crippen LogP contribution < -0.4 is 14.8 Å². The molecule has 138 valence electrons. The Hall–Kier alpha value is -2.28. The number of cyclic esters (lactones) is 1. The zero-order valence-electron chi connectivity index (χ0n) is 15.1. The minimum Gasteiger partial charge on any atom is -0.497 e. The highest BCUT2D eigenvalue weighted by atomic mass is 79.9. The minimum atomic E-state index is -0.784. The van der Waals surface area contributed by atoms with Crippen LogP contribution in [0.4, 0.5) is 5.82 Å². The molecule has 2 aromatic rings. The number of rotatable bonds is 5. The average molecular weight is 421 g/mol. The van der Waals surface area contributed by atoms with E-state index < -0.39 is 11.6 Å². The number of hydrogen-bond acceptors (Lipinski definition) is 6. The van der Waals surface area contributed by atoms with Crippen LogP contribution in [0.3, 0.4) is 0 Å². The maximum atomic E-state index is 12.5. The Morgan fingerprint density at radius 3 is 2.46 bits per heavy atom. The number of nitrogens with one attached hydrogen (secondary N) is 1. The van der Waals surface area contributed by atoms with Crippen LogP contribution >= 0.6 is 15.9 Å². The van der Waals surface area contributed by atoms with Crippen LogP contribution in [-0.2, 0) is 15.1 Å². The van der Waals surface area contributed by atoms with Crippen molar-refractivity contribution in [2.24, 2.45) is 0 Å². The van der Waals surface area contributed by atoms with Gasteiger partial charge in [-0.2, -0.15) is 0 Å². The molecule has 1 fully saturated rings. The maximum absolute atomic E-state index is 12.5. The van der Waals surface area contributed by atoms with Gasteiger partial charge in [-0.1, -0.05) is 0 Å². The standard InChI is InChI=1S/C19H21BrN2O4/c1-11-5-15(20)17(21-10-11)22-16-9-19(2,26-18(16)23)12-6-13(24-3)8-14(7-12)25-4/h5-8,10,16H,9H2,1-4H3,(H,21,22). The Labute approximate surface area is 161 Å². The topological polar surface area (TPSA) is 69.7 Å². The first-order chi connectivity index (χ1) is 12.3. The van der Waals surface area contributed by atoms with Gasteiger partial charge in [0, 0.05) is 24.2 Å². The summed E-state index contributed by atoms with van der Waals surface area (Å²) in [6, 6.07) is 6.95. The van der Waals surface area contributed by atoms with E-state index in [1.807, 2.05) is 32.0 Å². The smallest absolute Gasteiger partial charge is 0.329 e. The molecule has 26 heavy (non-hydrogen) atoms. The highest BCUT2D eigenvalue weighted by molar-refractivity contribution is 9.10. The molecule has 2 unspecified atom stereocenters. The molecule has 0 bridgehead atoms. The highest BCUT2D eigenvalue weighted by Crippen LogP contribution is 2.40. The van der Waals surface area contributed by atoms with Gasteiger partial charge in [0.2, 0.25) is 0 Å². The van der Waals surface area contributed by atoms with Crippen molar-refractivity contribution < 1.29 is 19.0 Å². The summed E-state index contributed by atoms with van der Waals surface area (Å²) in [5, 5.41) is 3.17. The lowest BCUT2D eigenvalue weighted by Crippen LogP contribution is -2.25. The van der Waals surface area contributed by atoms with E-state index in [2.05, 4.69) is 26.2 Å². The maximum Gasteiger partial charge on any atom is 0.329 e. The van der Waals surface area contributed by atoms with Gasteiger partial charge in [-0.3, -0.25) is 0 Å². The second-order valence-corrected chi connectivity index (χ2v) is 7.35. The number of carbonyl (C=O) groups is 1. The van der Waals surface area contributed by atoms with Gasteiger partial charge < -0.3 is 19.5 Å². The van der Waals surface area contributed by atoms with Crippen molar-refractivity contribution >= 4 is 27.7 Å². The third-order valence-corrected chi connectivity index (χ3v) is 5.06. The molecule has 1 aromatic heterocycles. The first-order valence-corrected chi connectivity index (χ1v) is 8.99. The van der Waals surface area contributed by atoms with E-state index in [0.717, 1.165) is 15.6 Å². The molecule has 1 N–H and O–H groups in total. The number of ether oxygens (including phenoxy) is 3. The van der Waals surface area contributed by atoms with Crippen molar-refractivity contribution in [1.82, 2.24) is 4.98 Å². The Balaban J connectivity index is 1.86. The second-order valence-electron chi connectivity index (χ2n) is 6.50.